The first kappa shape index (κ1) is 13.7. The fourth-order valence-electron chi connectivity index (χ4n) is 2.13. The largest absolute Gasteiger partial charge is 0.293 e. The molecule has 0 bridgehead atoms. The van der Waals surface area contributed by atoms with E-state index in [9.17, 15) is 4.79 Å². The Morgan fingerprint density at radius 3 is 2.85 bits per heavy atom. The Labute approximate surface area is 130 Å². The zero-order valence-corrected chi connectivity index (χ0v) is 12.6. The number of hydrogen-bond acceptors (Lipinski definition) is 3. The molecule has 1 aromatic carbocycles. The summed E-state index contributed by atoms with van der Waals surface area (Å²) in [6.07, 6.45) is 3.48. The predicted molar refractivity (Wildman–Crippen MR) is 83.4 cm³/mol. The second-order valence-electron chi connectivity index (χ2n) is 4.31. The number of aromatic nitrogens is 1. The van der Waals surface area contributed by atoms with E-state index in [1.807, 2.05) is 12.1 Å². The average Bonchev–Trinajstić information content (AvgIpc) is 2.82. The number of benzene rings is 1. The molecule has 3 nitrogen and oxygen atoms in total. The van der Waals surface area contributed by atoms with Crippen LogP contribution in [0.5, 0.6) is 0 Å². The van der Waals surface area contributed by atoms with E-state index in [1.54, 1.807) is 47.3 Å². The van der Waals surface area contributed by atoms with Crippen molar-refractivity contribution < 1.29 is 4.79 Å². The fraction of sp³-hybridized carbons (Fsp3) is 0.143. The Morgan fingerprint density at radius 1 is 1.30 bits per heavy atom. The topological polar surface area (TPSA) is 33.2 Å². The SMILES string of the molecule is O=C1CS[C@@H](c2cccnc2)N1c1ccc(Cl)cc1Cl. The van der Waals surface area contributed by atoms with Gasteiger partial charge in [0.2, 0.25) is 5.91 Å². The number of hydrogen-bond donors (Lipinski definition) is 0. The first-order chi connectivity index (χ1) is 9.66. The summed E-state index contributed by atoms with van der Waals surface area (Å²) in [6, 6.07) is 8.98. The van der Waals surface area contributed by atoms with Gasteiger partial charge < -0.3 is 0 Å². The summed E-state index contributed by atoms with van der Waals surface area (Å²) in [5, 5.41) is 0.924. The first-order valence-corrected chi connectivity index (χ1v) is 7.76. The maximum Gasteiger partial charge on any atom is 0.238 e. The first-order valence-electron chi connectivity index (χ1n) is 5.95. The minimum absolute atomic E-state index is 0.0353. The number of pyridine rings is 1. The standard InChI is InChI=1S/C14H10Cl2N2OS/c15-10-3-4-12(11(16)6-10)18-13(19)8-20-14(18)9-2-1-5-17-7-9/h1-7,14H,8H2/t14-/m0/s1. The zero-order chi connectivity index (χ0) is 14.1. The molecule has 0 unspecified atom stereocenters. The molecule has 0 spiro atoms. The van der Waals surface area contributed by atoms with Crippen LogP contribution in [0.2, 0.25) is 10.0 Å². The average molecular weight is 325 g/mol. The minimum Gasteiger partial charge on any atom is -0.293 e. The quantitative estimate of drug-likeness (QED) is 0.831. The molecule has 3 rings (SSSR count). The minimum atomic E-state index is -0.102. The number of rotatable bonds is 2. The van der Waals surface area contributed by atoms with Gasteiger partial charge in [-0.1, -0.05) is 29.3 Å². The molecule has 1 atom stereocenters. The second kappa shape index (κ2) is 5.64. The van der Waals surface area contributed by atoms with E-state index in [4.69, 9.17) is 23.2 Å². The summed E-state index contributed by atoms with van der Waals surface area (Å²) < 4.78 is 0. The van der Waals surface area contributed by atoms with Gasteiger partial charge >= 0.3 is 0 Å². The van der Waals surface area contributed by atoms with E-state index >= 15 is 0 Å². The summed E-state index contributed by atoms with van der Waals surface area (Å²) in [5.74, 6) is 0.464. The third-order valence-corrected chi connectivity index (χ3v) is 4.76. The highest BCUT2D eigenvalue weighted by molar-refractivity contribution is 8.00. The Kier molecular flexibility index (Phi) is 3.87. The van der Waals surface area contributed by atoms with E-state index in [0.717, 1.165) is 5.56 Å². The van der Waals surface area contributed by atoms with Gasteiger partial charge in [0.15, 0.2) is 0 Å². The van der Waals surface area contributed by atoms with Gasteiger partial charge in [-0.2, -0.15) is 0 Å². The van der Waals surface area contributed by atoms with Crippen LogP contribution in [0.1, 0.15) is 10.9 Å². The molecule has 1 aliphatic rings. The number of amides is 1. The molecule has 0 saturated carbocycles. The smallest absolute Gasteiger partial charge is 0.238 e. The fourth-order valence-corrected chi connectivity index (χ4v) is 3.78. The van der Waals surface area contributed by atoms with Crippen molar-refractivity contribution in [3.8, 4) is 0 Å². The van der Waals surface area contributed by atoms with Crippen molar-refractivity contribution in [2.45, 2.75) is 5.37 Å². The van der Waals surface area contributed by atoms with E-state index in [0.29, 0.717) is 21.5 Å². The number of anilines is 1. The molecular weight excluding hydrogens is 315 g/mol. The Morgan fingerprint density at radius 2 is 2.15 bits per heavy atom. The summed E-state index contributed by atoms with van der Waals surface area (Å²) in [7, 11) is 0. The van der Waals surface area contributed by atoms with Crippen molar-refractivity contribution in [2.75, 3.05) is 10.7 Å². The number of carbonyl (C=O) groups excluding carboxylic acids is 1. The van der Waals surface area contributed by atoms with Crippen LogP contribution >= 0.6 is 35.0 Å². The molecular formula is C14H10Cl2N2OS. The van der Waals surface area contributed by atoms with Gasteiger partial charge in [0.1, 0.15) is 5.37 Å². The van der Waals surface area contributed by atoms with Crippen molar-refractivity contribution in [3.63, 3.8) is 0 Å². The zero-order valence-electron chi connectivity index (χ0n) is 10.3. The van der Waals surface area contributed by atoms with Crippen LogP contribution < -0.4 is 4.90 Å². The molecule has 6 heteroatoms. The number of thioether (sulfide) groups is 1. The summed E-state index contributed by atoms with van der Waals surface area (Å²) in [5.41, 5.74) is 1.66. The lowest BCUT2D eigenvalue weighted by Crippen LogP contribution is -2.28. The monoisotopic (exact) mass is 324 g/mol. The third kappa shape index (κ3) is 2.51. The van der Waals surface area contributed by atoms with Crippen LogP contribution in [0.3, 0.4) is 0 Å². The van der Waals surface area contributed by atoms with Crippen LogP contribution in [-0.4, -0.2) is 16.6 Å². The maximum atomic E-state index is 12.2. The Bertz CT molecular complexity index is 651. The Hall–Kier alpha value is -1.23. The number of halogens is 2. The molecule has 0 N–H and O–H groups in total. The summed E-state index contributed by atoms with van der Waals surface area (Å²) in [4.78, 5) is 18.0. The highest BCUT2D eigenvalue weighted by atomic mass is 35.5. The van der Waals surface area contributed by atoms with Crippen LogP contribution in [0.15, 0.2) is 42.7 Å². The van der Waals surface area contributed by atoms with Crippen molar-refractivity contribution in [3.05, 3.63) is 58.3 Å². The molecule has 1 amide bonds. The number of nitrogens with zero attached hydrogens (tertiary/aromatic N) is 2. The highest BCUT2D eigenvalue weighted by Gasteiger charge is 2.35. The van der Waals surface area contributed by atoms with Crippen molar-refractivity contribution in [1.82, 2.24) is 4.98 Å². The van der Waals surface area contributed by atoms with E-state index in [2.05, 4.69) is 4.98 Å². The third-order valence-electron chi connectivity index (χ3n) is 3.01. The molecule has 1 aliphatic heterocycles. The molecule has 1 aromatic heterocycles. The summed E-state index contributed by atoms with van der Waals surface area (Å²) in [6.45, 7) is 0. The second-order valence-corrected chi connectivity index (χ2v) is 6.22. The van der Waals surface area contributed by atoms with Gasteiger partial charge in [0, 0.05) is 23.0 Å². The van der Waals surface area contributed by atoms with Crippen molar-refractivity contribution in [1.29, 1.82) is 0 Å². The normalized spacial score (nSPS) is 18.6. The van der Waals surface area contributed by atoms with Crippen LogP contribution in [-0.2, 0) is 4.79 Å². The van der Waals surface area contributed by atoms with Gasteiger partial charge in [0.25, 0.3) is 0 Å². The Balaban J connectivity index is 2.03. The maximum absolute atomic E-state index is 12.2. The van der Waals surface area contributed by atoms with Gasteiger partial charge in [-0.3, -0.25) is 14.7 Å². The van der Waals surface area contributed by atoms with Crippen molar-refractivity contribution >= 4 is 46.6 Å². The van der Waals surface area contributed by atoms with Crippen LogP contribution in [0.4, 0.5) is 5.69 Å². The van der Waals surface area contributed by atoms with Crippen LogP contribution in [0.25, 0.3) is 0 Å². The number of carbonyl (C=O) groups is 1. The molecule has 1 saturated heterocycles. The molecule has 20 heavy (non-hydrogen) atoms. The van der Waals surface area contributed by atoms with Gasteiger partial charge in [0.05, 0.1) is 16.5 Å². The molecule has 2 heterocycles. The van der Waals surface area contributed by atoms with Gasteiger partial charge in [-0.25, -0.2) is 0 Å². The molecule has 0 radical (unpaired) electrons. The van der Waals surface area contributed by atoms with Crippen molar-refractivity contribution in [2.24, 2.45) is 0 Å². The lowest BCUT2D eigenvalue weighted by Gasteiger charge is -2.25. The van der Waals surface area contributed by atoms with Gasteiger partial charge in [-0.05, 0) is 24.3 Å². The van der Waals surface area contributed by atoms with Gasteiger partial charge in [-0.15, -0.1) is 11.8 Å². The highest BCUT2D eigenvalue weighted by Crippen LogP contribution is 2.44. The molecule has 0 aliphatic carbocycles. The summed E-state index contributed by atoms with van der Waals surface area (Å²) >= 11 is 13.7. The lowest BCUT2D eigenvalue weighted by atomic mass is 10.2. The molecule has 1 fully saturated rings. The van der Waals surface area contributed by atoms with E-state index in [1.165, 1.54) is 0 Å². The molecule has 2 aromatic rings. The lowest BCUT2D eigenvalue weighted by molar-refractivity contribution is -0.115. The van der Waals surface area contributed by atoms with E-state index in [-0.39, 0.29) is 11.3 Å². The predicted octanol–water partition coefficient (Wildman–Crippen LogP) is 4.17. The van der Waals surface area contributed by atoms with E-state index < -0.39 is 0 Å². The van der Waals surface area contributed by atoms with Crippen LogP contribution in [0, 0.1) is 0 Å². The molecule has 102 valence electrons.